The van der Waals surface area contributed by atoms with Gasteiger partial charge in [0.05, 0.1) is 12.4 Å². The van der Waals surface area contributed by atoms with Crippen LogP contribution < -0.4 is 5.32 Å². The largest absolute Gasteiger partial charge is 0.381 e. The van der Waals surface area contributed by atoms with E-state index in [1.807, 2.05) is 13.4 Å². The van der Waals surface area contributed by atoms with E-state index in [4.69, 9.17) is 4.74 Å². The second kappa shape index (κ2) is 4.67. The molecular weight excluding hydrogens is 226 g/mol. The SMILES string of the molecule is COC1CC(n2cncc2C2(C)CCNCC2)C1. The van der Waals surface area contributed by atoms with Gasteiger partial charge in [-0.2, -0.15) is 0 Å². The van der Waals surface area contributed by atoms with Crippen LogP contribution >= 0.6 is 0 Å². The Labute approximate surface area is 109 Å². The first-order valence-electron chi connectivity index (χ1n) is 6.99. The maximum absolute atomic E-state index is 5.38. The number of ether oxygens (including phenoxy) is 1. The van der Waals surface area contributed by atoms with Crippen LogP contribution in [0.5, 0.6) is 0 Å². The summed E-state index contributed by atoms with van der Waals surface area (Å²) in [6.07, 6.45) is 9.22. The van der Waals surface area contributed by atoms with E-state index in [0.717, 1.165) is 25.9 Å². The molecule has 1 aliphatic heterocycles. The van der Waals surface area contributed by atoms with Crippen LogP contribution in [0.3, 0.4) is 0 Å². The van der Waals surface area contributed by atoms with Gasteiger partial charge in [0.2, 0.25) is 0 Å². The zero-order valence-electron chi connectivity index (χ0n) is 11.4. The number of hydrogen-bond acceptors (Lipinski definition) is 3. The molecule has 0 aromatic carbocycles. The summed E-state index contributed by atoms with van der Waals surface area (Å²) in [6.45, 7) is 4.62. The summed E-state index contributed by atoms with van der Waals surface area (Å²) in [4.78, 5) is 4.40. The van der Waals surface area contributed by atoms with Crippen molar-refractivity contribution in [3.05, 3.63) is 18.2 Å². The quantitative estimate of drug-likeness (QED) is 0.889. The predicted octanol–water partition coefficient (Wildman–Crippen LogP) is 1.87. The molecule has 1 N–H and O–H groups in total. The van der Waals surface area contributed by atoms with Crippen LogP contribution in [-0.2, 0) is 10.2 Å². The maximum atomic E-state index is 5.38. The molecule has 0 amide bonds. The van der Waals surface area contributed by atoms with Crippen molar-refractivity contribution < 1.29 is 4.74 Å². The number of aromatic nitrogens is 2. The fraction of sp³-hybridized carbons (Fsp3) is 0.786. The highest BCUT2D eigenvalue weighted by atomic mass is 16.5. The van der Waals surface area contributed by atoms with Gasteiger partial charge in [0, 0.05) is 30.5 Å². The van der Waals surface area contributed by atoms with Crippen molar-refractivity contribution >= 4 is 0 Å². The fourth-order valence-corrected chi connectivity index (χ4v) is 3.26. The Bertz CT molecular complexity index is 403. The molecule has 2 fully saturated rings. The molecule has 2 aliphatic rings. The van der Waals surface area contributed by atoms with E-state index in [9.17, 15) is 0 Å². The standard InChI is InChI=1S/C14H23N3O/c1-14(3-5-15-6-4-14)13-9-16-10-17(13)11-7-12(8-11)18-2/h9-12,15H,3-8H2,1-2H3. The van der Waals surface area contributed by atoms with E-state index in [1.54, 1.807) is 0 Å². The molecule has 1 saturated heterocycles. The van der Waals surface area contributed by atoms with Crippen LogP contribution in [0.25, 0.3) is 0 Å². The highest BCUT2D eigenvalue weighted by Gasteiger charge is 2.37. The third-order valence-electron chi connectivity index (χ3n) is 4.79. The summed E-state index contributed by atoms with van der Waals surface area (Å²) in [6, 6.07) is 0.596. The average molecular weight is 249 g/mol. The molecule has 0 radical (unpaired) electrons. The Balaban J connectivity index is 1.79. The predicted molar refractivity (Wildman–Crippen MR) is 70.8 cm³/mol. The molecule has 0 atom stereocenters. The third-order valence-corrected chi connectivity index (χ3v) is 4.79. The molecule has 2 heterocycles. The maximum Gasteiger partial charge on any atom is 0.0951 e. The average Bonchev–Trinajstić information content (AvgIpc) is 2.78. The van der Waals surface area contributed by atoms with Crippen LogP contribution in [-0.4, -0.2) is 35.9 Å². The lowest BCUT2D eigenvalue weighted by Crippen LogP contribution is -2.41. The molecular formula is C14H23N3O. The topological polar surface area (TPSA) is 39.1 Å². The van der Waals surface area contributed by atoms with E-state index in [2.05, 4.69) is 28.0 Å². The van der Waals surface area contributed by atoms with E-state index in [1.165, 1.54) is 18.5 Å². The number of piperidine rings is 1. The van der Waals surface area contributed by atoms with Gasteiger partial charge in [-0.3, -0.25) is 0 Å². The normalized spacial score (nSPS) is 31.0. The number of hydrogen-bond donors (Lipinski definition) is 1. The van der Waals surface area contributed by atoms with Crippen molar-refractivity contribution in [2.45, 2.75) is 50.2 Å². The Morgan fingerprint density at radius 1 is 1.39 bits per heavy atom. The van der Waals surface area contributed by atoms with Crippen molar-refractivity contribution in [1.29, 1.82) is 0 Å². The van der Waals surface area contributed by atoms with Gasteiger partial charge in [0.15, 0.2) is 0 Å². The second-order valence-corrected chi connectivity index (χ2v) is 5.98. The Morgan fingerprint density at radius 2 is 2.11 bits per heavy atom. The number of nitrogens with zero attached hydrogens (tertiary/aromatic N) is 2. The first-order valence-corrected chi connectivity index (χ1v) is 6.99. The van der Waals surface area contributed by atoms with Crippen LogP contribution in [0, 0.1) is 0 Å². The summed E-state index contributed by atoms with van der Waals surface area (Å²) in [7, 11) is 1.81. The van der Waals surface area contributed by atoms with Gasteiger partial charge in [-0.1, -0.05) is 6.92 Å². The van der Waals surface area contributed by atoms with Crippen molar-refractivity contribution in [2.75, 3.05) is 20.2 Å². The third kappa shape index (κ3) is 1.97. The molecule has 4 nitrogen and oxygen atoms in total. The van der Waals surface area contributed by atoms with Gasteiger partial charge < -0.3 is 14.6 Å². The lowest BCUT2D eigenvalue weighted by atomic mass is 9.77. The van der Waals surface area contributed by atoms with E-state index in [-0.39, 0.29) is 0 Å². The van der Waals surface area contributed by atoms with Gasteiger partial charge in [-0.25, -0.2) is 4.98 Å². The summed E-state index contributed by atoms with van der Waals surface area (Å²) >= 11 is 0. The summed E-state index contributed by atoms with van der Waals surface area (Å²) in [5.41, 5.74) is 1.71. The van der Waals surface area contributed by atoms with Crippen molar-refractivity contribution in [1.82, 2.24) is 14.9 Å². The zero-order chi connectivity index (χ0) is 12.6. The smallest absolute Gasteiger partial charge is 0.0951 e. The van der Waals surface area contributed by atoms with E-state index in [0.29, 0.717) is 17.6 Å². The number of methoxy groups -OCH3 is 1. The van der Waals surface area contributed by atoms with Crippen LogP contribution in [0.4, 0.5) is 0 Å². The number of rotatable bonds is 3. The van der Waals surface area contributed by atoms with Crippen molar-refractivity contribution in [3.63, 3.8) is 0 Å². The molecule has 18 heavy (non-hydrogen) atoms. The Hall–Kier alpha value is -0.870. The minimum absolute atomic E-state index is 0.292. The molecule has 0 spiro atoms. The molecule has 1 aromatic heterocycles. The second-order valence-electron chi connectivity index (χ2n) is 5.98. The Kier molecular flexibility index (Phi) is 3.16. The van der Waals surface area contributed by atoms with Crippen molar-refractivity contribution in [3.8, 4) is 0 Å². The van der Waals surface area contributed by atoms with E-state index >= 15 is 0 Å². The summed E-state index contributed by atoms with van der Waals surface area (Å²) in [5.74, 6) is 0. The molecule has 1 aromatic rings. The first-order chi connectivity index (χ1) is 8.73. The lowest BCUT2D eigenvalue weighted by molar-refractivity contribution is 0.00432. The Morgan fingerprint density at radius 3 is 2.78 bits per heavy atom. The summed E-state index contributed by atoms with van der Waals surface area (Å²) < 4.78 is 7.78. The van der Waals surface area contributed by atoms with Crippen LogP contribution in [0.1, 0.15) is 44.3 Å². The summed E-state index contributed by atoms with van der Waals surface area (Å²) in [5, 5.41) is 3.45. The lowest BCUT2D eigenvalue weighted by Gasteiger charge is -2.40. The zero-order valence-corrected chi connectivity index (χ0v) is 11.4. The minimum Gasteiger partial charge on any atom is -0.381 e. The van der Waals surface area contributed by atoms with E-state index < -0.39 is 0 Å². The molecule has 1 saturated carbocycles. The van der Waals surface area contributed by atoms with Gasteiger partial charge in [0.25, 0.3) is 0 Å². The number of nitrogens with one attached hydrogen (secondary N) is 1. The molecule has 4 heteroatoms. The number of imidazole rings is 1. The molecule has 1 aliphatic carbocycles. The van der Waals surface area contributed by atoms with Crippen LogP contribution in [0.15, 0.2) is 12.5 Å². The van der Waals surface area contributed by atoms with Crippen molar-refractivity contribution in [2.24, 2.45) is 0 Å². The monoisotopic (exact) mass is 249 g/mol. The van der Waals surface area contributed by atoms with Gasteiger partial charge in [-0.05, 0) is 38.8 Å². The highest BCUT2D eigenvalue weighted by Crippen LogP contribution is 2.40. The highest BCUT2D eigenvalue weighted by molar-refractivity contribution is 5.17. The van der Waals surface area contributed by atoms with Gasteiger partial charge in [-0.15, -0.1) is 0 Å². The molecule has 3 rings (SSSR count). The fourth-order valence-electron chi connectivity index (χ4n) is 3.26. The van der Waals surface area contributed by atoms with Crippen LogP contribution in [0.2, 0.25) is 0 Å². The van der Waals surface area contributed by atoms with Gasteiger partial charge in [0.1, 0.15) is 0 Å². The molecule has 100 valence electrons. The molecule has 0 bridgehead atoms. The minimum atomic E-state index is 0.292. The first kappa shape index (κ1) is 12.2. The molecule has 0 unspecified atom stereocenters. The van der Waals surface area contributed by atoms with Gasteiger partial charge >= 0.3 is 0 Å².